The molecule has 0 radical (unpaired) electrons. The lowest BCUT2D eigenvalue weighted by Crippen LogP contribution is -1.95. The van der Waals surface area contributed by atoms with Crippen LogP contribution in [0.15, 0.2) is 43.3 Å². The predicted octanol–water partition coefficient (Wildman–Crippen LogP) is 2.92. The molecule has 0 bridgehead atoms. The highest BCUT2D eigenvalue weighted by Gasteiger charge is 2.15. The van der Waals surface area contributed by atoms with Crippen LogP contribution in [0.25, 0.3) is 0 Å². The zero-order chi connectivity index (χ0) is 16.3. The Morgan fingerprint density at radius 2 is 1.23 bits per heavy atom. The maximum atomic E-state index is 10.5. The first kappa shape index (κ1) is 15.1. The van der Waals surface area contributed by atoms with Gasteiger partial charge in [-0.05, 0) is 26.0 Å². The van der Waals surface area contributed by atoms with Gasteiger partial charge in [-0.3, -0.25) is 20.2 Å². The molecule has 0 saturated heterocycles. The van der Waals surface area contributed by atoms with E-state index < -0.39 is 21.6 Å². The van der Waals surface area contributed by atoms with Crippen molar-refractivity contribution in [3.05, 3.63) is 56.0 Å². The number of furan rings is 2. The number of nitrogens with zero attached hydrogens (tertiary/aromatic N) is 4. The van der Waals surface area contributed by atoms with E-state index in [9.17, 15) is 20.2 Å². The lowest BCUT2D eigenvalue weighted by molar-refractivity contribution is -0.402. The summed E-state index contributed by atoms with van der Waals surface area (Å²) in [6.45, 7) is 3.12. The van der Waals surface area contributed by atoms with Crippen LogP contribution in [-0.4, -0.2) is 21.3 Å². The molecule has 0 fully saturated rings. The van der Waals surface area contributed by atoms with Crippen molar-refractivity contribution in [2.24, 2.45) is 10.2 Å². The third kappa shape index (κ3) is 3.23. The van der Waals surface area contributed by atoms with Crippen LogP contribution in [0, 0.1) is 20.2 Å². The van der Waals surface area contributed by atoms with Crippen LogP contribution in [-0.2, 0) is 0 Å². The molecule has 0 aliphatic heterocycles. The van der Waals surface area contributed by atoms with Gasteiger partial charge in [0.2, 0.25) is 0 Å². The zero-order valence-corrected chi connectivity index (χ0v) is 11.5. The Hall–Kier alpha value is -3.30. The molecule has 0 aliphatic carbocycles. The minimum Gasteiger partial charge on any atom is -0.399 e. The van der Waals surface area contributed by atoms with Gasteiger partial charge in [-0.1, -0.05) is 0 Å². The second-order valence-electron chi connectivity index (χ2n) is 4.16. The van der Waals surface area contributed by atoms with Crippen LogP contribution in [0.3, 0.4) is 0 Å². The molecule has 2 heterocycles. The summed E-state index contributed by atoms with van der Waals surface area (Å²) in [5, 5.41) is 28.8. The molecule has 2 rings (SSSR count). The van der Waals surface area contributed by atoms with Gasteiger partial charge in [-0.2, -0.15) is 10.2 Å². The Labute approximate surface area is 123 Å². The van der Waals surface area contributed by atoms with E-state index in [-0.39, 0.29) is 11.5 Å². The van der Waals surface area contributed by atoms with E-state index >= 15 is 0 Å². The number of nitro groups is 2. The summed E-state index contributed by atoms with van der Waals surface area (Å²) < 4.78 is 9.94. The maximum absolute atomic E-state index is 10.5. The fraction of sp³-hybridized carbons (Fsp3) is 0.167. The third-order valence-corrected chi connectivity index (χ3v) is 2.61. The van der Waals surface area contributed by atoms with Gasteiger partial charge in [-0.15, -0.1) is 0 Å². The molecule has 0 aliphatic rings. The monoisotopic (exact) mass is 306 g/mol. The number of hydrogen-bond acceptors (Lipinski definition) is 8. The van der Waals surface area contributed by atoms with Crippen molar-refractivity contribution < 1.29 is 18.7 Å². The van der Waals surface area contributed by atoms with Gasteiger partial charge in [0, 0.05) is 0 Å². The van der Waals surface area contributed by atoms with Gasteiger partial charge < -0.3 is 8.83 Å². The van der Waals surface area contributed by atoms with Gasteiger partial charge in [0.05, 0.1) is 12.1 Å². The summed E-state index contributed by atoms with van der Waals surface area (Å²) in [7, 11) is 0. The normalized spacial score (nSPS) is 12.5. The van der Waals surface area contributed by atoms with E-state index in [4.69, 9.17) is 8.83 Å². The summed E-state index contributed by atoms with van der Waals surface area (Å²) in [6.07, 6.45) is 0. The fourth-order valence-corrected chi connectivity index (χ4v) is 1.49. The lowest BCUT2D eigenvalue weighted by Gasteiger charge is -1.93. The van der Waals surface area contributed by atoms with Crippen LogP contribution >= 0.6 is 0 Å². The molecular formula is C12H10N4O6. The van der Waals surface area contributed by atoms with E-state index in [1.807, 2.05) is 0 Å². The van der Waals surface area contributed by atoms with E-state index in [1.54, 1.807) is 13.8 Å². The van der Waals surface area contributed by atoms with E-state index in [0.29, 0.717) is 11.4 Å². The molecular weight excluding hydrogens is 296 g/mol. The average molecular weight is 306 g/mol. The second kappa shape index (κ2) is 5.99. The second-order valence-corrected chi connectivity index (χ2v) is 4.16. The Morgan fingerprint density at radius 3 is 1.50 bits per heavy atom. The Balaban J connectivity index is 2.19. The van der Waals surface area contributed by atoms with Crippen LogP contribution < -0.4 is 0 Å². The molecule has 0 aromatic carbocycles. The summed E-state index contributed by atoms with van der Waals surface area (Å²) in [4.78, 5) is 19.7. The average Bonchev–Trinajstić information content (AvgIpc) is 3.12. The Morgan fingerprint density at radius 1 is 0.864 bits per heavy atom. The minimum absolute atomic E-state index is 0.202. The first-order valence-corrected chi connectivity index (χ1v) is 5.96. The highest BCUT2D eigenvalue weighted by atomic mass is 16.7. The van der Waals surface area contributed by atoms with Gasteiger partial charge in [0.25, 0.3) is 0 Å². The molecule has 0 atom stereocenters. The van der Waals surface area contributed by atoms with Gasteiger partial charge in [0.15, 0.2) is 11.5 Å². The molecule has 0 N–H and O–H groups in total. The largest absolute Gasteiger partial charge is 0.433 e. The standard InChI is InChI=1S/C12H10N4O6/c1-7(9-3-5-11(21-9)15(17)18)13-14-8(2)10-4-6-12(22-10)16(19)20/h3-6H,1-2H3. The molecule has 10 nitrogen and oxygen atoms in total. The first-order chi connectivity index (χ1) is 10.4. The van der Waals surface area contributed by atoms with Gasteiger partial charge >= 0.3 is 11.8 Å². The highest BCUT2D eigenvalue weighted by molar-refractivity contribution is 5.99. The molecule has 0 amide bonds. The van der Waals surface area contributed by atoms with Crippen molar-refractivity contribution >= 4 is 23.2 Å². The first-order valence-electron chi connectivity index (χ1n) is 5.96. The Kier molecular flexibility index (Phi) is 4.11. The topological polar surface area (TPSA) is 137 Å². The molecule has 22 heavy (non-hydrogen) atoms. The predicted molar refractivity (Wildman–Crippen MR) is 75.1 cm³/mol. The SMILES string of the molecule is CC(=NN=C(C)c1ccc([N+](=O)[O-])o1)c1ccc([N+](=O)[O-])o1. The van der Waals surface area contributed by atoms with E-state index in [0.717, 1.165) is 0 Å². The summed E-state index contributed by atoms with van der Waals surface area (Å²) >= 11 is 0. The molecule has 2 aromatic heterocycles. The van der Waals surface area contributed by atoms with E-state index in [2.05, 4.69) is 10.2 Å². The van der Waals surface area contributed by atoms with Crippen LogP contribution in [0.2, 0.25) is 0 Å². The maximum Gasteiger partial charge on any atom is 0.433 e. The van der Waals surface area contributed by atoms with Crippen molar-refractivity contribution in [3.63, 3.8) is 0 Å². The number of hydrogen-bond donors (Lipinski definition) is 0. The summed E-state index contributed by atoms with van der Waals surface area (Å²) in [6, 6.07) is 5.22. The molecule has 0 saturated carbocycles. The van der Waals surface area contributed by atoms with Crippen LogP contribution in [0.5, 0.6) is 0 Å². The van der Waals surface area contributed by atoms with Crippen LogP contribution in [0.1, 0.15) is 25.4 Å². The summed E-state index contributed by atoms with van der Waals surface area (Å²) in [5.74, 6) is -0.388. The van der Waals surface area contributed by atoms with Crippen molar-refractivity contribution in [1.29, 1.82) is 0 Å². The van der Waals surface area contributed by atoms with Gasteiger partial charge in [-0.25, -0.2) is 0 Å². The van der Waals surface area contributed by atoms with Crippen molar-refractivity contribution in [1.82, 2.24) is 0 Å². The minimum atomic E-state index is -0.659. The molecule has 2 aromatic rings. The zero-order valence-electron chi connectivity index (χ0n) is 11.5. The fourth-order valence-electron chi connectivity index (χ4n) is 1.49. The molecule has 114 valence electrons. The van der Waals surface area contributed by atoms with Crippen molar-refractivity contribution in [2.75, 3.05) is 0 Å². The van der Waals surface area contributed by atoms with Gasteiger partial charge in [0.1, 0.15) is 21.3 Å². The Bertz CT molecular complexity index is 719. The third-order valence-electron chi connectivity index (χ3n) is 2.61. The molecule has 0 unspecified atom stereocenters. The quantitative estimate of drug-likeness (QED) is 0.473. The smallest absolute Gasteiger partial charge is 0.399 e. The molecule has 0 spiro atoms. The lowest BCUT2D eigenvalue weighted by atomic mass is 10.3. The van der Waals surface area contributed by atoms with Crippen molar-refractivity contribution in [3.8, 4) is 0 Å². The van der Waals surface area contributed by atoms with E-state index in [1.165, 1.54) is 24.3 Å². The molecule has 10 heteroatoms. The summed E-state index contributed by atoms with van der Waals surface area (Å²) in [5.41, 5.74) is 0.627. The highest BCUT2D eigenvalue weighted by Crippen LogP contribution is 2.18. The van der Waals surface area contributed by atoms with Crippen molar-refractivity contribution in [2.45, 2.75) is 13.8 Å². The number of rotatable bonds is 5. The van der Waals surface area contributed by atoms with Crippen LogP contribution in [0.4, 0.5) is 11.8 Å².